The summed E-state index contributed by atoms with van der Waals surface area (Å²) in [5, 5.41) is 2.77. The van der Waals surface area contributed by atoms with Crippen molar-refractivity contribution in [3.63, 3.8) is 0 Å². The number of benzene rings is 2. The van der Waals surface area contributed by atoms with Crippen molar-refractivity contribution < 1.29 is 31.9 Å². The molecule has 11 heteroatoms. The molecule has 1 aliphatic heterocycles. The number of nitrogens with one attached hydrogen (secondary N) is 1. The van der Waals surface area contributed by atoms with Crippen LogP contribution in [0.25, 0.3) is 0 Å². The molecule has 0 fully saturated rings. The molecule has 0 unspecified atom stereocenters. The van der Waals surface area contributed by atoms with Gasteiger partial charge in [-0.2, -0.15) is 0 Å². The van der Waals surface area contributed by atoms with Crippen LogP contribution in [0.5, 0.6) is 11.5 Å². The van der Waals surface area contributed by atoms with Crippen LogP contribution in [0.15, 0.2) is 42.5 Å². The zero-order chi connectivity index (χ0) is 25.8. The molecule has 0 aliphatic carbocycles. The number of anilines is 1. The van der Waals surface area contributed by atoms with Crippen molar-refractivity contribution in [1.29, 1.82) is 0 Å². The minimum absolute atomic E-state index is 0.00993. The molecule has 1 N–H and O–H groups in total. The lowest BCUT2D eigenvalue weighted by molar-refractivity contribution is -0.139. The monoisotopic (exact) mass is 507 g/mol. The number of sulfonamides is 1. The van der Waals surface area contributed by atoms with Gasteiger partial charge in [0.1, 0.15) is 18.4 Å². The molecule has 0 radical (unpaired) electrons. The zero-order valence-electron chi connectivity index (χ0n) is 20.2. The van der Waals surface area contributed by atoms with Gasteiger partial charge in [-0.15, -0.1) is 0 Å². The second kappa shape index (κ2) is 10.9. The standard InChI is InChI=1S/C24H30FN3O6S/c1-16(2)12-26-24(30)17(3)27(13-18-7-5-6-8-20(18)25)23(29)14-28(35(4,31)32)19-9-10-21-22(11-19)34-15-33-21/h5-11,16-17H,12-15H2,1-4H3,(H,26,30)/t17-/m0/s1. The van der Waals surface area contributed by atoms with Crippen LogP contribution < -0.4 is 19.1 Å². The molecule has 35 heavy (non-hydrogen) atoms. The quantitative estimate of drug-likeness (QED) is 0.530. The first kappa shape index (κ1) is 26.3. The van der Waals surface area contributed by atoms with Gasteiger partial charge in [-0.3, -0.25) is 13.9 Å². The Kier molecular flexibility index (Phi) is 8.21. The first-order valence-electron chi connectivity index (χ1n) is 11.1. The molecule has 0 spiro atoms. The maximum absolute atomic E-state index is 14.4. The number of carbonyl (C=O) groups is 2. The molecule has 0 saturated heterocycles. The van der Waals surface area contributed by atoms with E-state index in [9.17, 15) is 22.4 Å². The van der Waals surface area contributed by atoms with E-state index in [1.165, 1.54) is 42.2 Å². The fourth-order valence-corrected chi connectivity index (χ4v) is 4.34. The van der Waals surface area contributed by atoms with Gasteiger partial charge >= 0.3 is 0 Å². The summed E-state index contributed by atoms with van der Waals surface area (Å²) in [6, 6.07) is 9.48. The van der Waals surface area contributed by atoms with Gasteiger partial charge in [0.2, 0.25) is 28.6 Å². The molecule has 3 rings (SSSR count). The number of carbonyl (C=O) groups excluding carboxylic acids is 2. The highest BCUT2D eigenvalue weighted by molar-refractivity contribution is 7.92. The van der Waals surface area contributed by atoms with Gasteiger partial charge in [0.05, 0.1) is 11.9 Å². The molecule has 190 valence electrons. The Balaban J connectivity index is 1.90. The summed E-state index contributed by atoms with van der Waals surface area (Å²) in [4.78, 5) is 27.4. The zero-order valence-corrected chi connectivity index (χ0v) is 21.0. The molecule has 0 bridgehead atoms. The predicted octanol–water partition coefficient (Wildman–Crippen LogP) is 2.51. The number of halogens is 1. The fraction of sp³-hybridized carbons (Fsp3) is 0.417. The molecule has 1 atom stereocenters. The van der Waals surface area contributed by atoms with E-state index in [1.807, 2.05) is 13.8 Å². The van der Waals surface area contributed by atoms with Crippen LogP contribution in [-0.2, 0) is 26.2 Å². The van der Waals surface area contributed by atoms with Gasteiger partial charge in [-0.05, 0) is 31.0 Å². The van der Waals surface area contributed by atoms with Gasteiger partial charge in [0.25, 0.3) is 0 Å². The summed E-state index contributed by atoms with van der Waals surface area (Å²) in [6.45, 7) is 5.01. The van der Waals surface area contributed by atoms with E-state index in [1.54, 1.807) is 12.1 Å². The van der Waals surface area contributed by atoms with Crippen LogP contribution in [0.4, 0.5) is 10.1 Å². The first-order valence-corrected chi connectivity index (χ1v) is 13.0. The molecule has 9 nitrogen and oxygen atoms in total. The highest BCUT2D eigenvalue weighted by atomic mass is 32.2. The largest absolute Gasteiger partial charge is 0.454 e. The average Bonchev–Trinajstić information content (AvgIpc) is 3.27. The van der Waals surface area contributed by atoms with Crippen LogP contribution in [0.3, 0.4) is 0 Å². The van der Waals surface area contributed by atoms with E-state index >= 15 is 0 Å². The van der Waals surface area contributed by atoms with E-state index in [-0.39, 0.29) is 30.5 Å². The predicted molar refractivity (Wildman–Crippen MR) is 129 cm³/mol. The Morgan fingerprint density at radius 2 is 1.77 bits per heavy atom. The van der Waals surface area contributed by atoms with Crippen molar-refractivity contribution in [3.05, 3.63) is 53.8 Å². The van der Waals surface area contributed by atoms with Crippen molar-refractivity contribution in [1.82, 2.24) is 10.2 Å². The number of hydrogen-bond acceptors (Lipinski definition) is 6. The third kappa shape index (κ3) is 6.62. The molecule has 2 aromatic carbocycles. The molecule has 0 saturated carbocycles. The minimum atomic E-state index is -3.90. The normalized spacial score (nSPS) is 13.4. The molecule has 1 heterocycles. The highest BCUT2D eigenvalue weighted by Crippen LogP contribution is 2.36. The Labute approximate surface area is 204 Å². The van der Waals surface area contributed by atoms with Gasteiger partial charge in [0, 0.05) is 24.7 Å². The smallest absolute Gasteiger partial charge is 0.244 e. The lowest BCUT2D eigenvalue weighted by Gasteiger charge is -2.31. The van der Waals surface area contributed by atoms with Gasteiger partial charge in [-0.25, -0.2) is 12.8 Å². The van der Waals surface area contributed by atoms with Crippen LogP contribution in [0.2, 0.25) is 0 Å². The number of ether oxygens (including phenoxy) is 2. The SMILES string of the molecule is CC(C)CNC(=O)[C@H](C)N(Cc1ccccc1F)C(=O)CN(c1ccc2c(c1)OCO2)S(C)(=O)=O. The van der Waals surface area contributed by atoms with Crippen LogP contribution in [0.1, 0.15) is 26.3 Å². The van der Waals surface area contributed by atoms with E-state index in [0.29, 0.717) is 18.0 Å². The Morgan fingerprint density at radius 1 is 1.09 bits per heavy atom. The summed E-state index contributed by atoms with van der Waals surface area (Å²) in [5.41, 5.74) is 0.409. The van der Waals surface area contributed by atoms with Gasteiger partial charge < -0.3 is 19.7 Å². The number of hydrogen-bond donors (Lipinski definition) is 1. The minimum Gasteiger partial charge on any atom is -0.454 e. The van der Waals surface area contributed by atoms with Crippen molar-refractivity contribution >= 4 is 27.5 Å². The lowest BCUT2D eigenvalue weighted by Crippen LogP contribution is -2.51. The van der Waals surface area contributed by atoms with Crippen molar-refractivity contribution in [2.45, 2.75) is 33.4 Å². The highest BCUT2D eigenvalue weighted by Gasteiger charge is 2.31. The Morgan fingerprint density at radius 3 is 2.43 bits per heavy atom. The van der Waals surface area contributed by atoms with Crippen molar-refractivity contribution in [3.8, 4) is 11.5 Å². The van der Waals surface area contributed by atoms with Crippen molar-refractivity contribution in [2.75, 3.05) is 30.4 Å². The summed E-state index contributed by atoms with van der Waals surface area (Å²) < 4.78 is 51.2. The Bertz CT molecular complexity index is 1190. The third-order valence-electron chi connectivity index (χ3n) is 5.47. The Hall–Kier alpha value is -3.34. The van der Waals surface area contributed by atoms with Crippen LogP contribution in [0, 0.1) is 11.7 Å². The number of amides is 2. The second-order valence-electron chi connectivity index (χ2n) is 8.74. The average molecular weight is 508 g/mol. The number of fused-ring (bicyclic) bond motifs is 1. The number of nitrogens with zero attached hydrogens (tertiary/aromatic N) is 2. The van der Waals surface area contributed by atoms with E-state index in [0.717, 1.165) is 10.6 Å². The molecule has 2 amide bonds. The fourth-order valence-electron chi connectivity index (χ4n) is 3.50. The van der Waals surface area contributed by atoms with Crippen molar-refractivity contribution in [2.24, 2.45) is 5.92 Å². The molecular weight excluding hydrogens is 477 g/mol. The number of rotatable bonds is 10. The second-order valence-corrected chi connectivity index (χ2v) is 10.6. The lowest BCUT2D eigenvalue weighted by atomic mass is 10.1. The van der Waals surface area contributed by atoms with E-state index < -0.39 is 40.2 Å². The van der Waals surface area contributed by atoms with Gasteiger partial charge in [0.15, 0.2) is 11.5 Å². The summed E-state index contributed by atoms with van der Waals surface area (Å²) in [7, 11) is -3.90. The molecule has 0 aromatic heterocycles. The summed E-state index contributed by atoms with van der Waals surface area (Å²) >= 11 is 0. The van der Waals surface area contributed by atoms with Crippen LogP contribution >= 0.6 is 0 Å². The van der Waals surface area contributed by atoms with E-state index in [2.05, 4.69) is 5.32 Å². The third-order valence-corrected chi connectivity index (χ3v) is 6.61. The first-order chi connectivity index (χ1) is 16.5. The molecule has 1 aliphatic rings. The molecule has 2 aromatic rings. The van der Waals surface area contributed by atoms with E-state index in [4.69, 9.17) is 9.47 Å². The van der Waals surface area contributed by atoms with Crippen LogP contribution in [-0.4, -0.2) is 57.3 Å². The summed E-state index contributed by atoms with van der Waals surface area (Å²) in [6.07, 6.45) is 0.977. The molecular formula is C24H30FN3O6S. The maximum Gasteiger partial charge on any atom is 0.244 e. The summed E-state index contributed by atoms with van der Waals surface area (Å²) in [5.74, 6) is -0.608. The topological polar surface area (TPSA) is 105 Å². The van der Waals surface area contributed by atoms with Gasteiger partial charge in [-0.1, -0.05) is 32.0 Å². The maximum atomic E-state index is 14.4.